The third-order valence-corrected chi connectivity index (χ3v) is 3.59. The molecule has 7 nitrogen and oxygen atoms in total. The fourth-order valence-electron chi connectivity index (χ4n) is 2.13. The molecule has 0 aromatic heterocycles. The highest BCUT2D eigenvalue weighted by Gasteiger charge is 2.05. The number of rotatable bonds is 12. The van der Waals surface area contributed by atoms with Gasteiger partial charge in [0.05, 0.1) is 0 Å². The van der Waals surface area contributed by atoms with Crippen molar-refractivity contribution in [1.82, 2.24) is 10.6 Å². The van der Waals surface area contributed by atoms with Crippen LogP contribution in [-0.4, -0.2) is 57.1 Å². The second kappa shape index (κ2) is 11.8. The molecule has 0 fully saturated rings. The fourth-order valence-corrected chi connectivity index (χ4v) is 2.13. The van der Waals surface area contributed by atoms with E-state index in [1.165, 1.54) is 0 Å². The van der Waals surface area contributed by atoms with Gasteiger partial charge in [0.25, 0.3) is 5.91 Å². The zero-order valence-corrected chi connectivity index (χ0v) is 15.4. The maximum absolute atomic E-state index is 11.1. The summed E-state index contributed by atoms with van der Waals surface area (Å²) in [7, 11) is 1.56. The number of ether oxygens (including phenoxy) is 3. The van der Waals surface area contributed by atoms with Crippen LogP contribution in [0.15, 0.2) is 54.6 Å². The van der Waals surface area contributed by atoms with Crippen LogP contribution in [-0.2, 0) is 4.79 Å². The van der Waals surface area contributed by atoms with Crippen molar-refractivity contribution in [2.45, 2.75) is 6.10 Å². The summed E-state index contributed by atoms with van der Waals surface area (Å²) in [6.07, 6.45) is -0.595. The second-order valence-electron chi connectivity index (χ2n) is 5.76. The summed E-state index contributed by atoms with van der Waals surface area (Å²) < 4.78 is 16.4. The van der Waals surface area contributed by atoms with Crippen LogP contribution in [0.1, 0.15) is 0 Å². The molecule has 0 saturated carbocycles. The quantitative estimate of drug-likeness (QED) is 0.484. The molecule has 0 heterocycles. The minimum atomic E-state index is -0.595. The van der Waals surface area contributed by atoms with Crippen molar-refractivity contribution in [3.05, 3.63) is 54.6 Å². The summed E-state index contributed by atoms with van der Waals surface area (Å²) in [6.45, 7) is 1.69. The predicted octanol–water partition coefficient (Wildman–Crippen LogP) is 1.22. The first-order chi connectivity index (χ1) is 13.2. The molecular weight excluding hydrogens is 348 g/mol. The van der Waals surface area contributed by atoms with E-state index in [1.54, 1.807) is 31.3 Å². The number of carbonyl (C=O) groups excluding carboxylic acids is 1. The standard InChI is InChI=1S/C20H26N2O5/c1-21-20(24)15-27-19-9-7-18(8-10-19)25-12-11-22-13-16(23)14-26-17-5-3-2-4-6-17/h2-10,16,22-23H,11-15H2,1H3,(H,21,24)/t16-/m0/s1. The van der Waals surface area contributed by atoms with E-state index in [-0.39, 0.29) is 19.1 Å². The maximum atomic E-state index is 11.1. The Balaban J connectivity index is 1.55. The zero-order valence-electron chi connectivity index (χ0n) is 15.4. The fraction of sp³-hybridized carbons (Fsp3) is 0.350. The van der Waals surface area contributed by atoms with Gasteiger partial charge in [0, 0.05) is 20.1 Å². The largest absolute Gasteiger partial charge is 0.492 e. The van der Waals surface area contributed by atoms with Crippen molar-refractivity contribution < 1.29 is 24.1 Å². The molecule has 2 aromatic rings. The van der Waals surface area contributed by atoms with E-state index in [0.717, 1.165) is 5.75 Å². The molecule has 2 rings (SSSR count). The minimum absolute atomic E-state index is 0.0169. The molecule has 1 amide bonds. The van der Waals surface area contributed by atoms with Gasteiger partial charge >= 0.3 is 0 Å². The lowest BCUT2D eigenvalue weighted by molar-refractivity contribution is -0.122. The molecule has 27 heavy (non-hydrogen) atoms. The highest BCUT2D eigenvalue weighted by molar-refractivity contribution is 5.77. The molecule has 2 aromatic carbocycles. The van der Waals surface area contributed by atoms with Gasteiger partial charge in [0.1, 0.15) is 36.6 Å². The van der Waals surface area contributed by atoms with E-state index in [1.807, 2.05) is 30.3 Å². The lowest BCUT2D eigenvalue weighted by Crippen LogP contribution is -2.33. The van der Waals surface area contributed by atoms with Crippen LogP contribution in [0, 0.1) is 0 Å². The predicted molar refractivity (Wildman–Crippen MR) is 102 cm³/mol. The van der Waals surface area contributed by atoms with Crippen LogP contribution in [0.4, 0.5) is 0 Å². The topological polar surface area (TPSA) is 89.1 Å². The molecule has 0 bridgehead atoms. The second-order valence-corrected chi connectivity index (χ2v) is 5.76. The molecule has 3 N–H and O–H groups in total. The van der Waals surface area contributed by atoms with Crippen molar-refractivity contribution in [2.24, 2.45) is 0 Å². The van der Waals surface area contributed by atoms with E-state index in [9.17, 15) is 9.90 Å². The Bertz CT molecular complexity index is 664. The molecule has 0 aliphatic rings. The number of likely N-dealkylation sites (N-methyl/N-ethyl adjacent to an activating group) is 1. The Morgan fingerprint density at radius 2 is 1.59 bits per heavy atom. The van der Waals surface area contributed by atoms with Crippen LogP contribution in [0.3, 0.4) is 0 Å². The first-order valence-electron chi connectivity index (χ1n) is 8.80. The molecule has 0 spiro atoms. The van der Waals surface area contributed by atoms with Crippen LogP contribution in [0.25, 0.3) is 0 Å². The monoisotopic (exact) mass is 374 g/mol. The third kappa shape index (κ3) is 8.44. The van der Waals surface area contributed by atoms with E-state index in [2.05, 4.69) is 10.6 Å². The SMILES string of the molecule is CNC(=O)COc1ccc(OCCNC[C@H](O)COc2ccccc2)cc1. The number of carbonyl (C=O) groups is 1. The molecule has 0 aliphatic carbocycles. The van der Waals surface area contributed by atoms with Crippen molar-refractivity contribution in [3.8, 4) is 17.2 Å². The van der Waals surface area contributed by atoms with Crippen molar-refractivity contribution in [3.63, 3.8) is 0 Å². The number of amides is 1. The lowest BCUT2D eigenvalue weighted by atomic mass is 10.3. The van der Waals surface area contributed by atoms with Crippen molar-refractivity contribution in [1.29, 1.82) is 0 Å². The van der Waals surface area contributed by atoms with Gasteiger partial charge in [-0.3, -0.25) is 4.79 Å². The molecule has 0 saturated heterocycles. The number of hydrogen-bond acceptors (Lipinski definition) is 6. The van der Waals surface area contributed by atoms with Gasteiger partial charge in [-0.2, -0.15) is 0 Å². The Morgan fingerprint density at radius 3 is 2.26 bits per heavy atom. The van der Waals surface area contributed by atoms with Gasteiger partial charge in [-0.05, 0) is 36.4 Å². The molecule has 0 radical (unpaired) electrons. The maximum Gasteiger partial charge on any atom is 0.257 e. The number of benzene rings is 2. The first-order valence-corrected chi connectivity index (χ1v) is 8.80. The van der Waals surface area contributed by atoms with Crippen molar-refractivity contribution >= 4 is 5.91 Å². The van der Waals surface area contributed by atoms with Crippen LogP contribution in [0.5, 0.6) is 17.2 Å². The third-order valence-electron chi connectivity index (χ3n) is 3.59. The highest BCUT2D eigenvalue weighted by Crippen LogP contribution is 2.17. The molecular formula is C20H26N2O5. The van der Waals surface area contributed by atoms with Gasteiger partial charge in [-0.1, -0.05) is 18.2 Å². The van der Waals surface area contributed by atoms with Gasteiger partial charge in [0.2, 0.25) is 0 Å². The van der Waals surface area contributed by atoms with E-state index >= 15 is 0 Å². The smallest absolute Gasteiger partial charge is 0.257 e. The number of aliphatic hydroxyl groups is 1. The average Bonchev–Trinajstić information content (AvgIpc) is 2.71. The summed E-state index contributed by atoms with van der Waals surface area (Å²) in [5.74, 6) is 1.86. The van der Waals surface area contributed by atoms with E-state index in [4.69, 9.17) is 14.2 Å². The Kier molecular flexibility index (Phi) is 8.95. The number of hydrogen-bond donors (Lipinski definition) is 3. The lowest BCUT2D eigenvalue weighted by Gasteiger charge is -2.13. The Labute approximate surface area is 159 Å². The first kappa shape index (κ1) is 20.5. The van der Waals surface area contributed by atoms with E-state index in [0.29, 0.717) is 31.2 Å². The molecule has 0 aliphatic heterocycles. The Hall–Kier alpha value is -2.77. The summed E-state index contributed by atoms with van der Waals surface area (Å²) in [4.78, 5) is 11.1. The molecule has 0 unspecified atom stereocenters. The normalized spacial score (nSPS) is 11.5. The van der Waals surface area contributed by atoms with E-state index < -0.39 is 6.10 Å². The van der Waals surface area contributed by atoms with Gasteiger partial charge < -0.3 is 30.0 Å². The zero-order chi connectivity index (χ0) is 19.3. The number of aliphatic hydroxyl groups excluding tert-OH is 1. The van der Waals surface area contributed by atoms with Gasteiger partial charge in [0.15, 0.2) is 6.61 Å². The van der Waals surface area contributed by atoms with Crippen molar-refractivity contribution in [2.75, 3.05) is 40.0 Å². The molecule has 7 heteroatoms. The van der Waals surface area contributed by atoms with Gasteiger partial charge in [-0.15, -0.1) is 0 Å². The molecule has 146 valence electrons. The summed E-state index contributed by atoms with van der Waals surface area (Å²) in [5, 5.41) is 15.5. The number of para-hydroxylation sites is 1. The van der Waals surface area contributed by atoms with Crippen LogP contribution >= 0.6 is 0 Å². The molecule has 1 atom stereocenters. The summed E-state index contributed by atoms with van der Waals surface area (Å²) in [6, 6.07) is 16.4. The average molecular weight is 374 g/mol. The highest BCUT2D eigenvalue weighted by atomic mass is 16.5. The summed E-state index contributed by atoms with van der Waals surface area (Å²) in [5.41, 5.74) is 0. The minimum Gasteiger partial charge on any atom is -0.492 e. The van der Waals surface area contributed by atoms with Crippen LogP contribution < -0.4 is 24.8 Å². The number of nitrogens with one attached hydrogen (secondary N) is 2. The Morgan fingerprint density at radius 1 is 0.963 bits per heavy atom. The van der Waals surface area contributed by atoms with Crippen LogP contribution in [0.2, 0.25) is 0 Å². The summed E-state index contributed by atoms with van der Waals surface area (Å²) >= 11 is 0. The van der Waals surface area contributed by atoms with Gasteiger partial charge in [-0.25, -0.2) is 0 Å².